The van der Waals surface area contributed by atoms with E-state index in [1.807, 2.05) is 7.05 Å². The number of aliphatic imine (C=N–C) groups is 1. The lowest BCUT2D eigenvalue weighted by Gasteiger charge is -2.27. The Bertz CT molecular complexity index is 267. The molecule has 0 heterocycles. The van der Waals surface area contributed by atoms with E-state index in [2.05, 4.69) is 22.5 Å². The summed E-state index contributed by atoms with van der Waals surface area (Å²) in [5, 5.41) is 7.07. The van der Waals surface area contributed by atoms with Crippen molar-refractivity contribution in [2.24, 2.45) is 16.8 Å². The van der Waals surface area contributed by atoms with Gasteiger partial charge < -0.3 is 10.6 Å². The zero-order valence-corrected chi connectivity index (χ0v) is 14.8. The summed E-state index contributed by atoms with van der Waals surface area (Å²) < 4.78 is 0. The molecule has 0 aromatic heterocycles. The average molecular weight is 379 g/mol. The topological polar surface area (TPSA) is 36.4 Å². The van der Waals surface area contributed by atoms with Gasteiger partial charge in [-0.25, -0.2) is 0 Å². The number of rotatable bonds is 3. The van der Waals surface area contributed by atoms with Gasteiger partial charge in [0.1, 0.15) is 0 Å². The average Bonchev–Trinajstić information content (AvgIpc) is 2.89. The van der Waals surface area contributed by atoms with Gasteiger partial charge >= 0.3 is 0 Å². The van der Waals surface area contributed by atoms with Gasteiger partial charge in [0.15, 0.2) is 5.96 Å². The number of nitrogens with one attached hydrogen (secondary N) is 2. The van der Waals surface area contributed by atoms with Gasteiger partial charge in [0, 0.05) is 19.6 Å². The summed E-state index contributed by atoms with van der Waals surface area (Å²) >= 11 is 0. The summed E-state index contributed by atoms with van der Waals surface area (Å²) in [5.74, 6) is 2.81. The van der Waals surface area contributed by atoms with Crippen molar-refractivity contribution in [1.29, 1.82) is 0 Å². The molecule has 112 valence electrons. The lowest BCUT2D eigenvalue weighted by molar-refractivity contribution is 0.289. The number of nitrogens with zero attached hydrogens (tertiary/aromatic N) is 1. The first kappa shape index (κ1) is 17.1. The number of hydrogen-bond donors (Lipinski definition) is 2. The molecule has 4 heteroatoms. The minimum Gasteiger partial charge on any atom is -0.356 e. The maximum absolute atomic E-state index is 4.35. The van der Waals surface area contributed by atoms with Crippen LogP contribution in [0.3, 0.4) is 0 Å². The zero-order chi connectivity index (χ0) is 12.8. The number of guanidine groups is 1. The molecule has 0 unspecified atom stereocenters. The third-order valence-electron chi connectivity index (χ3n) is 4.61. The molecule has 0 aromatic carbocycles. The van der Waals surface area contributed by atoms with Gasteiger partial charge in [0.05, 0.1) is 0 Å². The molecule has 2 rings (SSSR count). The van der Waals surface area contributed by atoms with Crippen molar-refractivity contribution >= 4 is 29.9 Å². The van der Waals surface area contributed by atoms with Crippen LogP contribution in [0.5, 0.6) is 0 Å². The zero-order valence-electron chi connectivity index (χ0n) is 12.5. The van der Waals surface area contributed by atoms with Gasteiger partial charge in [-0.2, -0.15) is 0 Å². The quantitative estimate of drug-likeness (QED) is 0.447. The molecule has 2 N–H and O–H groups in total. The van der Waals surface area contributed by atoms with Gasteiger partial charge in [-0.15, -0.1) is 24.0 Å². The molecule has 0 saturated heterocycles. The van der Waals surface area contributed by atoms with Crippen molar-refractivity contribution in [2.45, 2.75) is 64.3 Å². The first-order valence-electron chi connectivity index (χ1n) is 7.75. The van der Waals surface area contributed by atoms with Gasteiger partial charge in [0.2, 0.25) is 0 Å². The lowest BCUT2D eigenvalue weighted by Crippen LogP contribution is -2.44. The molecular weight excluding hydrogens is 349 g/mol. The van der Waals surface area contributed by atoms with Crippen molar-refractivity contribution < 1.29 is 0 Å². The number of halogens is 1. The fourth-order valence-corrected chi connectivity index (χ4v) is 3.23. The van der Waals surface area contributed by atoms with E-state index >= 15 is 0 Å². The van der Waals surface area contributed by atoms with Gasteiger partial charge in [-0.3, -0.25) is 4.99 Å². The second kappa shape index (κ2) is 9.03. The van der Waals surface area contributed by atoms with E-state index in [0.717, 1.165) is 24.3 Å². The smallest absolute Gasteiger partial charge is 0.191 e. The fraction of sp³-hybridized carbons (Fsp3) is 0.933. The van der Waals surface area contributed by atoms with Crippen LogP contribution in [-0.2, 0) is 0 Å². The maximum Gasteiger partial charge on any atom is 0.191 e. The molecule has 0 aromatic rings. The van der Waals surface area contributed by atoms with Gasteiger partial charge in [0.25, 0.3) is 0 Å². The molecular formula is C15H30IN3. The second-order valence-electron chi connectivity index (χ2n) is 6.20. The third-order valence-corrected chi connectivity index (χ3v) is 4.61. The normalized spacial score (nSPS) is 28.8. The predicted octanol–water partition coefficient (Wildman–Crippen LogP) is 3.54. The van der Waals surface area contributed by atoms with Crippen LogP contribution in [0.25, 0.3) is 0 Å². The SMILES string of the molecule is CN=C(NCC1CCC(C)CC1)NC1CCCC1.I. The molecule has 0 atom stereocenters. The minimum atomic E-state index is 0. The summed E-state index contributed by atoms with van der Waals surface area (Å²) in [5.41, 5.74) is 0. The monoisotopic (exact) mass is 379 g/mol. The van der Waals surface area contributed by atoms with Crippen molar-refractivity contribution in [3.63, 3.8) is 0 Å². The Morgan fingerprint density at radius 1 is 1.05 bits per heavy atom. The number of hydrogen-bond acceptors (Lipinski definition) is 1. The Morgan fingerprint density at radius 2 is 1.68 bits per heavy atom. The molecule has 0 radical (unpaired) electrons. The highest BCUT2D eigenvalue weighted by Gasteiger charge is 2.19. The van der Waals surface area contributed by atoms with Gasteiger partial charge in [-0.1, -0.05) is 32.6 Å². The summed E-state index contributed by atoms with van der Waals surface area (Å²) in [7, 11) is 1.88. The molecule has 2 aliphatic carbocycles. The fourth-order valence-electron chi connectivity index (χ4n) is 3.23. The van der Waals surface area contributed by atoms with Crippen LogP contribution in [0, 0.1) is 11.8 Å². The minimum absolute atomic E-state index is 0. The van der Waals surface area contributed by atoms with E-state index in [9.17, 15) is 0 Å². The standard InChI is InChI=1S/C15H29N3.HI/c1-12-7-9-13(10-8-12)11-17-15(16-2)18-14-5-3-4-6-14;/h12-14H,3-11H2,1-2H3,(H2,16,17,18);1H. The van der Waals surface area contributed by atoms with Crippen LogP contribution in [0.1, 0.15) is 58.3 Å². The Morgan fingerprint density at radius 3 is 2.26 bits per heavy atom. The summed E-state index contributed by atoms with van der Waals surface area (Å²) in [6.07, 6.45) is 10.9. The van der Waals surface area contributed by atoms with E-state index < -0.39 is 0 Å². The first-order chi connectivity index (χ1) is 8.78. The van der Waals surface area contributed by atoms with Crippen LogP contribution in [0.15, 0.2) is 4.99 Å². The van der Waals surface area contributed by atoms with Crippen LogP contribution < -0.4 is 10.6 Å². The summed E-state index contributed by atoms with van der Waals surface area (Å²) in [4.78, 5) is 4.35. The molecule has 0 bridgehead atoms. The molecule has 3 nitrogen and oxygen atoms in total. The molecule has 2 aliphatic rings. The molecule has 0 aliphatic heterocycles. The van der Waals surface area contributed by atoms with E-state index in [-0.39, 0.29) is 24.0 Å². The Kier molecular flexibility index (Phi) is 8.11. The first-order valence-corrected chi connectivity index (χ1v) is 7.75. The second-order valence-corrected chi connectivity index (χ2v) is 6.20. The highest BCUT2D eigenvalue weighted by molar-refractivity contribution is 14.0. The van der Waals surface area contributed by atoms with E-state index in [4.69, 9.17) is 0 Å². The third kappa shape index (κ3) is 5.88. The van der Waals surface area contributed by atoms with E-state index in [1.54, 1.807) is 0 Å². The van der Waals surface area contributed by atoms with Crippen molar-refractivity contribution in [3.05, 3.63) is 0 Å². The maximum atomic E-state index is 4.35. The van der Waals surface area contributed by atoms with Crippen LogP contribution in [0.2, 0.25) is 0 Å². The molecule has 0 spiro atoms. The van der Waals surface area contributed by atoms with Gasteiger partial charge in [-0.05, 0) is 37.5 Å². The van der Waals surface area contributed by atoms with Crippen LogP contribution in [0.4, 0.5) is 0 Å². The molecule has 0 amide bonds. The van der Waals surface area contributed by atoms with Crippen LogP contribution in [-0.4, -0.2) is 25.6 Å². The van der Waals surface area contributed by atoms with Crippen LogP contribution >= 0.6 is 24.0 Å². The Hall–Kier alpha value is 0. The van der Waals surface area contributed by atoms with Crippen molar-refractivity contribution in [2.75, 3.05) is 13.6 Å². The van der Waals surface area contributed by atoms with E-state index in [1.165, 1.54) is 51.4 Å². The molecule has 2 saturated carbocycles. The van der Waals surface area contributed by atoms with Crippen molar-refractivity contribution in [3.8, 4) is 0 Å². The highest BCUT2D eigenvalue weighted by Crippen LogP contribution is 2.27. The lowest BCUT2D eigenvalue weighted by atomic mass is 9.83. The predicted molar refractivity (Wildman–Crippen MR) is 93.3 cm³/mol. The van der Waals surface area contributed by atoms with E-state index in [0.29, 0.717) is 6.04 Å². The Labute approximate surface area is 135 Å². The van der Waals surface area contributed by atoms with Crippen molar-refractivity contribution in [1.82, 2.24) is 10.6 Å². The molecule has 2 fully saturated rings. The highest BCUT2D eigenvalue weighted by atomic mass is 127. The Balaban J connectivity index is 0.00000180. The summed E-state index contributed by atoms with van der Waals surface area (Å²) in [6.45, 7) is 3.48. The summed E-state index contributed by atoms with van der Waals surface area (Å²) in [6, 6.07) is 0.655. The largest absolute Gasteiger partial charge is 0.356 e. The molecule has 19 heavy (non-hydrogen) atoms.